The number of halogens is 2. The van der Waals surface area contributed by atoms with Gasteiger partial charge in [0.25, 0.3) is 0 Å². The fourth-order valence-electron chi connectivity index (χ4n) is 2.65. The molecule has 0 bridgehead atoms. The van der Waals surface area contributed by atoms with E-state index in [1.807, 2.05) is 49.4 Å². The van der Waals surface area contributed by atoms with Gasteiger partial charge in [0.1, 0.15) is 17.7 Å². The van der Waals surface area contributed by atoms with Gasteiger partial charge in [-0.15, -0.1) is 0 Å². The van der Waals surface area contributed by atoms with Crippen LogP contribution in [0.5, 0.6) is 0 Å². The molecule has 7 nitrogen and oxygen atoms in total. The molecule has 0 saturated carbocycles. The zero-order chi connectivity index (χ0) is 21.6. The Balaban J connectivity index is 1.76. The highest BCUT2D eigenvalue weighted by Gasteiger charge is 2.21. The van der Waals surface area contributed by atoms with Gasteiger partial charge in [0.15, 0.2) is 5.82 Å². The molecule has 0 aliphatic rings. The Labute approximate surface area is 189 Å². The van der Waals surface area contributed by atoms with Crippen LogP contribution in [-0.4, -0.2) is 24.6 Å². The fourth-order valence-corrected chi connectivity index (χ4v) is 4.21. The van der Waals surface area contributed by atoms with E-state index in [2.05, 4.69) is 35.3 Å². The van der Waals surface area contributed by atoms with Gasteiger partial charge in [0.2, 0.25) is 0 Å². The summed E-state index contributed by atoms with van der Waals surface area (Å²) >= 11 is 9.61. The molecule has 2 aromatic carbocycles. The van der Waals surface area contributed by atoms with Crippen LogP contribution in [0.15, 0.2) is 65.4 Å². The van der Waals surface area contributed by atoms with Crippen LogP contribution in [0.1, 0.15) is 18.9 Å². The Morgan fingerprint density at radius 2 is 1.80 bits per heavy atom. The third-order valence-corrected chi connectivity index (χ3v) is 5.97. The summed E-state index contributed by atoms with van der Waals surface area (Å²) in [6, 6.07) is 16.7. The Morgan fingerprint density at radius 3 is 2.47 bits per heavy atom. The first-order chi connectivity index (χ1) is 14.4. The number of hydrogen-bond acceptors (Lipinski definition) is 5. The van der Waals surface area contributed by atoms with E-state index in [9.17, 15) is 8.42 Å². The lowest BCUT2D eigenvalue weighted by atomic mass is 10.1. The van der Waals surface area contributed by atoms with Gasteiger partial charge in [-0.2, -0.15) is 13.1 Å². The molecule has 2 N–H and O–H groups in total. The molecule has 0 spiro atoms. The van der Waals surface area contributed by atoms with Gasteiger partial charge in [-0.3, -0.25) is 4.72 Å². The maximum atomic E-state index is 12.7. The standard InChI is InChI=1S/C20H20BrClN4O3S/c1-2-17(29-12-14-6-4-3-5-7-14)25-30(27,28)26-20-18(19(22)23-13-24-20)15-8-10-16(21)11-9-15/h3-11,13,17,25H,2,12H2,1H3,(H,23,24,26). The van der Waals surface area contributed by atoms with Crippen LogP contribution in [0.2, 0.25) is 5.15 Å². The van der Waals surface area contributed by atoms with Gasteiger partial charge in [-0.25, -0.2) is 9.97 Å². The fraction of sp³-hybridized carbons (Fsp3) is 0.200. The first kappa shape index (κ1) is 22.6. The van der Waals surface area contributed by atoms with E-state index in [4.69, 9.17) is 16.3 Å². The highest BCUT2D eigenvalue weighted by atomic mass is 79.9. The van der Waals surface area contributed by atoms with Crippen LogP contribution < -0.4 is 9.44 Å². The molecule has 1 atom stereocenters. The van der Waals surface area contributed by atoms with Crippen molar-refractivity contribution in [3.8, 4) is 11.1 Å². The summed E-state index contributed by atoms with van der Waals surface area (Å²) in [4.78, 5) is 8.04. The average molecular weight is 512 g/mol. The smallest absolute Gasteiger partial charge is 0.302 e. The Hall–Kier alpha value is -2.04. The monoisotopic (exact) mass is 510 g/mol. The highest BCUT2D eigenvalue weighted by Crippen LogP contribution is 2.33. The zero-order valence-corrected chi connectivity index (χ0v) is 19.2. The van der Waals surface area contributed by atoms with E-state index < -0.39 is 16.4 Å². The molecule has 0 amide bonds. The van der Waals surface area contributed by atoms with Gasteiger partial charge < -0.3 is 4.74 Å². The topological polar surface area (TPSA) is 93.2 Å². The molecule has 0 aliphatic carbocycles. The first-order valence-corrected chi connectivity index (χ1v) is 11.8. The molecular formula is C20H20BrClN4O3S. The van der Waals surface area contributed by atoms with Crippen molar-refractivity contribution in [2.75, 3.05) is 4.72 Å². The third-order valence-electron chi connectivity index (χ3n) is 4.12. The quantitative estimate of drug-likeness (QED) is 0.319. The first-order valence-electron chi connectivity index (χ1n) is 9.10. The predicted octanol–water partition coefficient (Wildman–Crippen LogP) is 4.76. The maximum absolute atomic E-state index is 12.7. The van der Waals surface area contributed by atoms with Gasteiger partial charge in [-0.05, 0) is 29.7 Å². The van der Waals surface area contributed by atoms with E-state index in [1.165, 1.54) is 6.33 Å². The lowest BCUT2D eigenvalue weighted by Gasteiger charge is -2.19. The van der Waals surface area contributed by atoms with E-state index in [0.717, 1.165) is 10.0 Å². The number of benzene rings is 2. The Bertz CT molecular complexity index is 1080. The van der Waals surface area contributed by atoms with Crippen molar-refractivity contribution >= 4 is 43.6 Å². The second kappa shape index (κ2) is 10.3. The van der Waals surface area contributed by atoms with Crippen LogP contribution in [0.25, 0.3) is 11.1 Å². The third kappa shape index (κ3) is 6.23. The van der Waals surface area contributed by atoms with E-state index in [1.54, 1.807) is 12.1 Å². The maximum Gasteiger partial charge on any atom is 0.302 e. The molecule has 10 heteroatoms. The lowest BCUT2D eigenvalue weighted by Crippen LogP contribution is -2.40. The minimum Gasteiger partial charge on any atom is -0.358 e. The second-order valence-corrected chi connectivity index (χ2v) is 9.03. The van der Waals surface area contributed by atoms with Gasteiger partial charge in [0.05, 0.1) is 12.2 Å². The van der Waals surface area contributed by atoms with Crippen LogP contribution in [0, 0.1) is 0 Å². The molecule has 0 saturated heterocycles. The van der Waals surface area contributed by atoms with Crippen molar-refractivity contribution in [2.24, 2.45) is 0 Å². The summed E-state index contributed by atoms with van der Waals surface area (Å²) in [6.07, 6.45) is 0.931. The van der Waals surface area contributed by atoms with Crippen molar-refractivity contribution in [1.29, 1.82) is 0 Å². The highest BCUT2D eigenvalue weighted by molar-refractivity contribution is 9.10. The number of nitrogens with one attached hydrogen (secondary N) is 2. The molecule has 0 fully saturated rings. The molecular weight excluding hydrogens is 492 g/mol. The predicted molar refractivity (Wildman–Crippen MR) is 121 cm³/mol. The van der Waals surface area contributed by atoms with Crippen molar-refractivity contribution in [3.63, 3.8) is 0 Å². The average Bonchev–Trinajstić information content (AvgIpc) is 2.73. The molecule has 0 aliphatic heterocycles. The number of nitrogens with zero attached hydrogens (tertiary/aromatic N) is 2. The summed E-state index contributed by atoms with van der Waals surface area (Å²) in [7, 11) is -3.99. The summed E-state index contributed by atoms with van der Waals surface area (Å²) < 4.78 is 37.0. The van der Waals surface area contributed by atoms with Crippen molar-refractivity contribution in [1.82, 2.24) is 14.7 Å². The Morgan fingerprint density at radius 1 is 1.10 bits per heavy atom. The number of aromatic nitrogens is 2. The number of rotatable bonds is 9. The summed E-state index contributed by atoms with van der Waals surface area (Å²) in [6.45, 7) is 2.11. The van der Waals surface area contributed by atoms with Crippen molar-refractivity contribution in [2.45, 2.75) is 26.2 Å². The number of anilines is 1. The van der Waals surface area contributed by atoms with Crippen LogP contribution in [-0.2, 0) is 21.6 Å². The normalized spacial score (nSPS) is 12.5. The SMILES string of the molecule is CCC(NS(=O)(=O)Nc1ncnc(Cl)c1-c1ccc(Br)cc1)OCc1ccccc1. The molecule has 1 heterocycles. The van der Waals surface area contributed by atoms with E-state index >= 15 is 0 Å². The lowest BCUT2D eigenvalue weighted by molar-refractivity contribution is 0.0311. The summed E-state index contributed by atoms with van der Waals surface area (Å²) in [5.41, 5.74) is 2.01. The molecule has 158 valence electrons. The van der Waals surface area contributed by atoms with Crippen LogP contribution in [0.4, 0.5) is 5.82 Å². The summed E-state index contributed by atoms with van der Waals surface area (Å²) in [5, 5.41) is 0.136. The molecule has 1 aromatic heterocycles. The van der Waals surface area contributed by atoms with Gasteiger partial charge in [-0.1, -0.05) is 76.9 Å². The van der Waals surface area contributed by atoms with E-state index in [-0.39, 0.29) is 17.6 Å². The molecule has 30 heavy (non-hydrogen) atoms. The second-order valence-electron chi connectivity index (χ2n) is 6.31. The summed E-state index contributed by atoms with van der Waals surface area (Å²) in [5.74, 6) is 0.0720. The largest absolute Gasteiger partial charge is 0.358 e. The molecule has 0 radical (unpaired) electrons. The van der Waals surface area contributed by atoms with Crippen molar-refractivity contribution < 1.29 is 13.2 Å². The van der Waals surface area contributed by atoms with Gasteiger partial charge >= 0.3 is 10.2 Å². The number of ether oxygens (including phenoxy) is 1. The molecule has 3 aromatic rings. The Kier molecular flexibility index (Phi) is 7.79. The number of hydrogen-bond donors (Lipinski definition) is 2. The molecule has 1 unspecified atom stereocenters. The van der Waals surface area contributed by atoms with Crippen molar-refractivity contribution in [3.05, 3.63) is 76.1 Å². The molecule has 3 rings (SSSR count). The zero-order valence-electron chi connectivity index (χ0n) is 16.0. The minimum absolute atomic E-state index is 0.0720. The van der Waals surface area contributed by atoms with Crippen LogP contribution >= 0.6 is 27.5 Å². The van der Waals surface area contributed by atoms with Crippen LogP contribution in [0.3, 0.4) is 0 Å². The minimum atomic E-state index is -3.99. The van der Waals surface area contributed by atoms with Gasteiger partial charge in [0, 0.05) is 4.47 Å². The van der Waals surface area contributed by atoms with E-state index in [0.29, 0.717) is 17.5 Å².